The molecule has 1 N–H and O–H groups in total. The minimum atomic E-state index is 0.581. The summed E-state index contributed by atoms with van der Waals surface area (Å²) in [6.45, 7) is 9.60. The van der Waals surface area contributed by atoms with Gasteiger partial charge in [0.15, 0.2) is 0 Å². The van der Waals surface area contributed by atoms with Gasteiger partial charge >= 0.3 is 0 Å². The minimum Gasteiger partial charge on any atom is -0.316 e. The SMILES string of the molecule is CCCCNCC1CCCCC1(C)C. The van der Waals surface area contributed by atoms with Crippen molar-refractivity contribution in [3.63, 3.8) is 0 Å². The Balaban J connectivity index is 2.20. The second-order valence-electron chi connectivity index (χ2n) is 5.49. The largest absolute Gasteiger partial charge is 0.316 e. The fraction of sp³-hybridized carbons (Fsp3) is 1.00. The molecule has 0 radical (unpaired) electrons. The number of hydrogen-bond acceptors (Lipinski definition) is 1. The third-order valence-corrected chi connectivity index (χ3v) is 3.83. The predicted octanol–water partition coefficient (Wildman–Crippen LogP) is 3.59. The van der Waals surface area contributed by atoms with Crippen LogP contribution in [0.3, 0.4) is 0 Å². The normalized spacial score (nSPS) is 26.4. The Kier molecular flexibility index (Phi) is 4.94. The third-order valence-electron chi connectivity index (χ3n) is 3.83. The zero-order valence-electron chi connectivity index (χ0n) is 10.2. The van der Waals surface area contributed by atoms with Crippen molar-refractivity contribution < 1.29 is 0 Å². The first-order chi connectivity index (χ1) is 6.67. The molecule has 1 fully saturated rings. The molecule has 1 rings (SSSR count). The van der Waals surface area contributed by atoms with E-state index in [2.05, 4.69) is 26.1 Å². The van der Waals surface area contributed by atoms with Crippen LogP contribution in [0.25, 0.3) is 0 Å². The molecule has 1 unspecified atom stereocenters. The molecular weight excluding hydrogens is 170 g/mol. The maximum atomic E-state index is 3.61. The van der Waals surface area contributed by atoms with Crippen LogP contribution in [-0.2, 0) is 0 Å². The van der Waals surface area contributed by atoms with Crippen LogP contribution < -0.4 is 5.32 Å². The molecule has 1 aliphatic rings. The zero-order chi connectivity index (χ0) is 10.4. The van der Waals surface area contributed by atoms with Gasteiger partial charge in [-0.25, -0.2) is 0 Å². The second-order valence-corrected chi connectivity index (χ2v) is 5.49. The van der Waals surface area contributed by atoms with Crippen molar-refractivity contribution in [3.05, 3.63) is 0 Å². The maximum Gasteiger partial charge on any atom is -0.00154 e. The van der Waals surface area contributed by atoms with Crippen LogP contribution in [0.4, 0.5) is 0 Å². The molecule has 1 saturated carbocycles. The Hall–Kier alpha value is -0.0400. The van der Waals surface area contributed by atoms with E-state index in [1.54, 1.807) is 0 Å². The van der Waals surface area contributed by atoms with E-state index in [-0.39, 0.29) is 0 Å². The van der Waals surface area contributed by atoms with Crippen molar-refractivity contribution >= 4 is 0 Å². The Morgan fingerprint density at radius 1 is 1.29 bits per heavy atom. The molecular formula is C13H27N. The summed E-state index contributed by atoms with van der Waals surface area (Å²) in [5, 5.41) is 3.61. The molecule has 0 aromatic heterocycles. The standard InChI is InChI=1S/C13H27N/c1-4-5-10-14-11-12-8-6-7-9-13(12,2)3/h12,14H,4-11H2,1-3H3. The van der Waals surface area contributed by atoms with E-state index < -0.39 is 0 Å². The molecule has 1 nitrogen and oxygen atoms in total. The summed E-state index contributed by atoms with van der Waals surface area (Å²) in [7, 11) is 0. The minimum absolute atomic E-state index is 0.581. The molecule has 0 spiro atoms. The fourth-order valence-corrected chi connectivity index (χ4v) is 2.52. The molecule has 0 aliphatic heterocycles. The van der Waals surface area contributed by atoms with Gasteiger partial charge in [0.25, 0.3) is 0 Å². The van der Waals surface area contributed by atoms with Gasteiger partial charge in [0.2, 0.25) is 0 Å². The van der Waals surface area contributed by atoms with Gasteiger partial charge in [0.1, 0.15) is 0 Å². The summed E-state index contributed by atoms with van der Waals surface area (Å²) in [5.41, 5.74) is 0.581. The number of hydrogen-bond donors (Lipinski definition) is 1. The molecule has 0 aromatic rings. The fourth-order valence-electron chi connectivity index (χ4n) is 2.52. The highest BCUT2D eigenvalue weighted by molar-refractivity contribution is 4.83. The maximum absolute atomic E-state index is 3.61. The van der Waals surface area contributed by atoms with Crippen LogP contribution in [0.5, 0.6) is 0 Å². The molecule has 1 atom stereocenters. The molecule has 1 heteroatoms. The lowest BCUT2D eigenvalue weighted by molar-refractivity contribution is 0.136. The first kappa shape index (κ1) is 12.0. The molecule has 0 bridgehead atoms. The average molecular weight is 197 g/mol. The lowest BCUT2D eigenvalue weighted by atomic mass is 9.69. The summed E-state index contributed by atoms with van der Waals surface area (Å²) >= 11 is 0. The van der Waals surface area contributed by atoms with Crippen molar-refractivity contribution in [1.29, 1.82) is 0 Å². The third kappa shape index (κ3) is 3.61. The average Bonchev–Trinajstić information content (AvgIpc) is 2.14. The van der Waals surface area contributed by atoms with Gasteiger partial charge in [0, 0.05) is 0 Å². The monoisotopic (exact) mass is 197 g/mol. The first-order valence-electron chi connectivity index (χ1n) is 6.37. The number of rotatable bonds is 5. The van der Waals surface area contributed by atoms with E-state index in [0.717, 1.165) is 5.92 Å². The molecule has 0 amide bonds. The van der Waals surface area contributed by atoms with Crippen molar-refractivity contribution in [2.75, 3.05) is 13.1 Å². The molecule has 1 aliphatic carbocycles. The van der Waals surface area contributed by atoms with E-state index >= 15 is 0 Å². The first-order valence-corrected chi connectivity index (χ1v) is 6.37. The van der Waals surface area contributed by atoms with E-state index in [4.69, 9.17) is 0 Å². The predicted molar refractivity (Wildman–Crippen MR) is 63.5 cm³/mol. The highest BCUT2D eigenvalue weighted by Crippen LogP contribution is 2.39. The summed E-state index contributed by atoms with van der Waals surface area (Å²) in [5.74, 6) is 0.910. The molecule has 0 heterocycles. The van der Waals surface area contributed by atoms with Gasteiger partial charge in [0.05, 0.1) is 0 Å². The van der Waals surface area contributed by atoms with Crippen LogP contribution in [0.1, 0.15) is 59.3 Å². The summed E-state index contributed by atoms with van der Waals surface area (Å²) < 4.78 is 0. The lowest BCUT2D eigenvalue weighted by Gasteiger charge is -2.38. The van der Waals surface area contributed by atoms with Gasteiger partial charge in [-0.05, 0) is 43.7 Å². The lowest BCUT2D eigenvalue weighted by Crippen LogP contribution is -2.36. The van der Waals surface area contributed by atoms with E-state index in [9.17, 15) is 0 Å². The van der Waals surface area contributed by atoms with Crippen LogP contribution in [0.15, 0.2) is 0 Å². The van der Waals surface area contributed by atoms with Crippen LogP contribution in [0.2, 0.25) is 0 Å². The smallest absolute Gasteiger partial charge is 0.00154 e. The van der Waals surface area contributed by atoms with Crippen LogP contribution in [-0.4, -0.2) is 13.1 Å². The van der Waals surface area contributed by atoms with Gasteiger partial charge in [-0.15, -0.1) is 0 Å². The van der Waals surface area contributed by atoms with Crippen molar-refractivity contribution in [2.24, 2.45) is 11.3 Å². The van der Waals surface area contributed by atoms with E-state index in [1.807, 2.05) is 0 Å². The van der Waals surface area contributed by atoms with Crippen molar-refractivity contribution in [1.82, 2.24) is 5.32 Å². The van der Waals surface area contributed by atoms with Crippen molar-refractivity contribution in [3.8, 4) is 0 Å². The number of nitrogens with one attached hydrogen (secondary N) is 1. The van der Waals surface area contributed by atoms with Crippen LogP contribution in [0, 0.1) is 11.3 Å². The quantitative estimate of drug-likeness (QED) is 0.664. The Morgan fingerprint density at radius 2 is 2.07 bits per heavy atom. The van der Waals surface area contributed by atoms with Crippen LogP contribution >= 0.6 is 0 Å². The van der Waals surface area contributed by atoms with Crippen molar-refractivity contribution in [2.45, 2.75) is 59.3 Å². The van der Waals surface area contributed by atoms with E-state index in [1.165, 1.54) is 51.6 Å². The Labute approximate surface area is 89.7 Å². The molecule has 0 saturated heterocycles. The van der Waals surface area contributed by atoms with Gasteiger partial charge < -0.3 is 5.32 Å². The van der Waals surface area contributed by atoms with Gasteiger partial charge in [-0.2, -0.15) is 0 Å². The summed E-state index contributed by atoms with van der Waals surface area (Å²) in [6, 6.07) is 0. The summed E-state index contributed by atoms with van der Waals surface area (Å²) in [4.78, 5) is 0. The molecule has 14 heavy (non-hydrogen) atoms. The Morgan fingerprint density at radius 3 is 2.71 bits per heavy atom. The Bertz CT molecular complexity index is 151. The highest BCUT2D eigenvalue weighted by Gasteiger charge is 2.31. The van der Waals surface area contributed by atoms with Gasteiger partial charge in [-0.1, -0.05) is 40.0 Å². The molecule has 84 valence electrons. The van der Waals surface area contributed by atoms with Gasteiger partial charge in [-0.3, -0.25) is 0 Å². The van der Waals surface area contributed by atoms with E-state index in [0.29, 0.717) is 5.41 Å². The highest BCUT2D eigenvalue weighted by atomic mass is 14.9. The zero-order valence-corrected chi connectivity index (χ0v) is 10.2. The topological polar surface area (TPSA) is 12.0 Å². The summed E-state index contributed by atoms with van der Waals surface area (Å²) in [6.07, 6.45) is 8.38. The number of unbranched alkanes of at least 4 members (excludes halogenated alkanes) is 1. The molecule has 0 aromatic carbocycles. The second kappa shape index (κ2) is 5.75.